The summed E-state index contributed by atoms with van der Waals surface area (Å²) in [6, 6.07) is 0.699. The van der Waals surface area contributed by atoms with Crippen molar-refractivity contribution in [2.45, 2.75) is 26.8 Å². The van der Waals surface area contributed by atoms with E-state index in [2.05, 4.69) is 37.8 Å². The van der Waals surface area contributed by atoms with Crippen molar-refractivity contribution in [1.82, 2.24) is 4.90 Å². The third-order valence-corrected chi connectivity index (χ3v) is 2.18. The van der Waals surface area contributed by atoms with Crippen LogP contribution in [0.5, 0.6) is 0 Å². The second-order valence-corrected chi connectivity index (χ2v) is 3.25. The van der Waals surface area contributed by atoms with E-state index in [0.29, 0.717) is 6.04 Å². The van der Waals surface area contributed by atoms with E-state index < -0.39 is 0 Å². The smallest absolute Gasteiger partial charge is 0.0304 e. The molecule has 0 aromatic heterocycles. The molecule has 0 aliphatic carbocycles. The van der Waals surface area contributed by atoms with Crippen LogP contribution in [-0.4, -0.2) is 24.0 Å². The molecule has 1 aliphatic heterocycles. The van der Waals surface area contributed by atoms with Gasteiger partial charge < -0.3 is 0 Å². The highest BCUT2D eigenvalue weighted by atomic mass is 15.2. The molecule has 1 atom stereocenters. The second kappa shape index (κ2) is 3.20. The van der Waals surface area contributed by atoms with Crippen molar-refractivity contribution in [3.63, 3.8) is 0 Å². The number of rotatable bonds is 2. The largest absolute Gasteiger partial charge is 0.293 e. The van der Waals surface area contributed by atoms with E-state index in [4.69, 9.17) is 0 Å². The highest BCUT2D eigenvalue weighted by Crippen LogP contribution is 2.16. The molecule has 1 heterocycles. The Morgan fingerprint density at radius 2 is 2.30 bits per heavy atom. The molecule has 58 valence electrons. The zero-order chi connectivity index (χ0) is 7.56. The highest BCUT2D eigenvalue weighted by Gasteiger charge is 2.20. The van der Waals surface area contributed by atoms with E-state index in [1.54, 1.807) is 0 Å². The van der Waals surface area contributed by atoms with Crippen LogP contribution in [0.4, 0.5) is 0 Å². The van der Waals surface area contributed by atoms with Crippen molar-refractivity contribution >= 4 is 0 Å². The van der Waals surface area contributed by atoms with Gasteiger partial charge in [-0.05, 0) is 12.5 Å². The highest BCUT2D eigenvalue weighted by molar-refractivity contribution is 5.04. The topological polar surface area (TPSA) is 3.24 Å². The minimum absolute atomic E-state index is 0.699. The van der Waals surface area contributed by atoms with Gasteiger partial charge in [-0.3, -0.25) is 4.90 Å². The van der Waals surface area contributed by atoms with Gasteiger partial charge in [0, 0.05) is 12.6 Å². The minimum atomic E-state index is 0.699. The lowest BCUT2D eigenvalue weighted by atomic mass is 10.1. The Bertz CT molecular complexity index is 127. The van der Waals surface area contributed by atoms with Crippen LogP contribution in [0.1, 0.15) is 20.8 Å². The van der Waals surface area contributed by atoms with Crippen LogP contribution in [0.2, 0.25) is 0 Å². The van der Waals surface area contributed by atoms with E-state index >= 15 is 0 Å². The van der Waals surface area contributed by atoms with Gasteiger partial charge in [0.25, 0.3) is 0 Å². The number of likely N-dealkylation sites (N-methyl/N-ethyl adjacent to an activating group) is 1. The van der Waals surface area contributed by atoms with Crippen molar-refractivity contribution in [2.75, 3.05) is 13.1 Å². The van der Waals surface area contributed by atoms with Gasteiger partial charge in [0.1, 0.15) is 0 Å². The lowest BCUT2D eigenvalue weighted by Gasteiger charge is -2.25. The fourth-order valence-electron chi connectivity index (χ4n) is 1.56. The molecule has 0 spiro atoms. The first-order valence-corrected chi connectivity index (χ1v) is 4.16. The van der Waals surface area contributed by atoms with E-state index in [1.165, 1.54) is 6.54 Å². The fraction of sp³-hybridized carbons (Fsp3) is 0.778. The molecule has 0 amide bonds. The molecule has 0 saturated heterocycles. The maximum absolute atomic E-state index is 2.49. The summed E-state index contributed by atoms with van der Waals surface area (Å²) in [6.45, 7) is 9.11. The third-order valence-electron chi connectivity index (χ3n) is 2.18. The van der Waals surface area contributed by atoms with Crippen LogP contribution in [-0.2, 0) is 0 Å². The van der Waals surface area contributed by atoms with Crippen molar-refractivity contribution in [1.29, 1.82) is 0 Å². The lowest BCUT2D eigenvalue weighted by molar-refractivity contribution is 0.238. The number of hydrogen-bond acceptors (Lipinski definition) is 1. The van der Waals surface area contributed by atoms with E-state index in [-0.39, 0.29) is 0 Å². The maximum atomic E-state index is 2.49. The summed E-state index contributed by atoms with van der Waals surface area (Å²) in [7, 11) is 0. The molecule has 1 heteroatoms. The van der Waals surface area contributed by atoms with Crippen LogP contribution in [0.15, 0.2) is 12.2 Å². The van der Waals surface area contributed by atoms with E-state index in [9.17, 15) is 0 Å². The van der Waals surface area contributed by atoms with Gasteiger partial charge in [-0.1, -0.05) is 32.9 Å². The third kappa shape index (κ3) is 1.40. The van der Waals surface area contributed by atoms with E-state index in [0.717, 1.165) is 12.5 Å². The molecule has 0 saturated carbocycles. The zero-order valence-electron chi connectivity index (χ0n) is 7.17. The Balaban J connectivity index is 2.49. The van der Waals surface area contributed by atoms with Crippen LogP contribution >= 0.6 is 0 Å². The Morgan fingerprint density at radius 1 is 1.60 bits per heavy atom. The molecule has 1 nitrogen and oxygen atoms in total. The molecule has 0 N–H and O–H groups in total. The summed E-state index contributed by atoms with van der Waals surface area (Å²) < 4.78 is 0. The molecule has 10 heavy (non-hydrogen) atoms. The molecule has 0 fully saturated rings. The molecule has 0 bridgehead atoms. The number of hydrogen-bond donors (Lipinski definition) is 0. The van der Waals surface area contributed by atoms with Gasteiger partial charge in [-0.15, -0.1) is 0 Å². The summed E-state index contributed by atoms with van der Waals surface area (Å²) in [6.07, 6.45) is 4.60. The predicted octanol–water partition coefficient (Wildman–Crippen LogP) is 1.90. The van der Waals surface area contributed by atoms with Crippen LogP contribution in [0, 0.1) is 5.92 Å². The first-order valence-electron chi connectivity index (χ1n) is 4.16. The summed E-state index contributed by atoms with van der Waals surface area (Å²) in [5, 5.41) is 0. The summed E-state index contributed by atoms with van der Waals surface area (Å²) in [4.78, 5) is 2.49. The van der Waals surface area contributed by atoms with Crippen molar-refractivity contribution < 1.29 is 0 Å². The van der Waals surface area contributed by atoms with Crippen LogP contribution in [0.3, 0.4) is 0 Å². The normalized spacial score (nSPS) is 26.6. The quantitative estimate of drug-likeness (QED) is 0.528. The van der Waals surface area contributed by atoms with Crippen LogP contribution < -0.4 is 0 Å². The van der Waals surface area contributed by atoms with Crippen molar-refractivity contribution in [2.24, 2.45) is 5.92 Å². The zero-order valence-corrected chi connectivity index (χ0v) is 7.17. The minimum Gasteiger partial charge on any atom is -0.293 e. The Labute approximate surface area is 63.7 Å². The van der Waals surface area contributed by atoms with Gasteiger partial charge in [-0.2, -0.15) is 0 Å². The van der Waals surface area contributed by atoms with Crippen LogP contribution in [0.25, 0.3) is 0 Å². The average Bonchev–Trinajstić information content (AvgIpc) is 2.33. The van der Waals surface area contributed by atoms with Crippen molar-refractivity contribution in [3.05, 3.63) is 12.2 Å². The van der Waals surface area contributed by atoms with Gasteiger partial charge in [0.2, 0.25) is 0 Å². The Morgan fingerprint density at radius 3 is 2.70 bits per heavy atom. The fourth-order valence-corrected chi connectivity index (χ4v) is 1.56. The monoisotopic (exact) mass is 139 g/mol. The molecule has 0 radical (unpaired) electrons. The first-order chi connectivity index (χ1) is 4.75. The molecule has 0 aromatic carbocycles. The average molecular weight is 139 g/mol. The lowest BCUT2D eigenvalue weighted by Crippen LogP contribution is -2.33. The molecule has 1 rings (SSSR count). The molecular weight excluding hydrogens is 122 g/mol. The summed E-state index contributed by atoms with van der Waals surface area (Å²) in [5.41, 5.74) is 0. The van der Waals surface area contributed by atoms with Gasteiger partial charge in [0.05, 0.1) is 0 Å². The standard InChI is InChI=1S/C9H17N/c1-4-10-7-5-6-9(10)8(2)3/h5-6,8-9H,4,7H2,1-3H3/t9-/m0/s1. The van der Waals surface area contributed by atoms with Crippen molar-refractivity contribution in [3.8, 4) is 0 Å². The Kier molecular flexibility index (Phi) is 2.50. The first kappa shape index (κ1) is 7.80. The number of nitrogens with zero attached hydrogens (tertiary/aromatic N) is 1. The summed E-state index contributed by atoms with van der Waals surface area (Å²) in [5.74, 6) is 0.763. The molecule has 0 aromatic rings. The molecule has 1 aliphatic rings. The van der Waals surface area contributed by atoms with Gasteiger partial charge in [-0.25, -0.2) is 0 Å². The van der Waals surface area contributed by atoms with Gasteiger partial charge >= 0.3 is 0 Å². The SMILES string of the molecule is CCN1CC=C[C@H]1C(C)C. The van der Waals surface area contributed by atoms with E-state index in [1.807, 2.05) is 0 Å². The maximum Gasteiger partial charge on any atom is 0.0304 e. The molecule has 0 unspecified atom stereocenters. The predicted molar refractivity (Wildman–Crippen MR) is 45.0 cm³/mol. The van der Waals surface area contributed by atoms with Gasteiger partial charge in [0.15, 0.2) is 0 Å². The Hall–Kier alpha value is -0.300. The summed E-state index contributed by atoms with van der Waals surface area (Å²) >= 11 is 0. The molecular formula is C9H17N. The second-order valence-electron chi connectivity index (χ2n) is 3.25.